The van der Waals surface area contributed by atoms with Gasteiger partial charge < -0.3 is 9.52 Å². The molecule has 6 nitrogen and oxygen atoms in total. The van der Waals surface area contributed by atoms with E-state index in [0.29, 0.717) is 32.6 Å². The number of hydrogen-bond donors (Lipinski definition) is 1. The lowest BCUT2D eigenvalue weighted by molar-refractivity contribution is 0.466. The molecule has 1 aliphatic rings. The number of aliphatic imine (C=N–C) groups is 1. The van der Waals surface area contributed by atoms with Crippen LogP contribution in [0.2, 0.25) is 5.02 Å². The molecule has 0 saturated carbocycles. The quantitative estimate of drug-likeness (QED) is 0.410. The van der Waals surface area contributed by atoms with Gasteiger partial charge in [0.05, 0.1) is 17.3 Å². The van der Waals surface area contributed by atoms with Gasteiger partial charge in [0.25, 0.3) is 0 Å². The highest BCUT2D eigenvalue weighted by Gasteiger charge is 2.24. The first-order chi connectivity index (χ1) is 13.1. The van der Waals surface area contributed by atoms with Crippen molar-refractivity contribution in [2.24, 2.45) is 15.2 Å². The standard InChI is InChI=1S/C19H12ClN3O3S/c20-12-7-5-11(6-8-12)9-21-23-19-22-14(10-27-19)16-17(24)13-3-1-2-4-15(13)26-18(16)25/h1-9,24H,10H2/b21-9+,23-19-. The lowest BCUT2D eigenvalue weighted by Crippen LogP contribution is -2.15. The Morgan fingerprint density at radius 3 is 2.78 bits per heavy atom. The first-order valence-electron chi connectivity index (χ1n) is 7.94. The third kappa shape index (κ3) is 3.65. The molecule has 2 heterocycles. The van der Waals surface area contributed by atoms with E-state index in [1.807, 2.05) is 12.1 Å². The van der Waals surface area contributed by atoms with Crippen molar-refractivity contribution in [3.05, 3.63) is 75.1 Å². The predicted octanol–water partition coefficient (Wildman–Crippen LogP) is 4.08. The van der Waals surface area contributed by atoms with Crippen LogP contribution in [0.25, 0.3) is 11.0 Å². The van der Waals surface area contributed by atoms with Crippen molar-refractivity contribution >= 4 is 51.4 Å². The average molecular weight is 398 g/mol. The van der Waals surface area contributed by atoms with Gasteiger partial charge in [0.2, 0.25) is 5.17 Å². The third-order valence-electron chi connectivity index (χ3n) is 3.86. The van der Waals surface area contributed by atoms with E-state index in [-0.39, 0.29) is 11.3 Å². The first-order valence-corrected chi connectivity index (χ1v) is 9.30. The second-order valence-electron chi connectivity index (χ2n) is 5.64. The fraction of sp³-hybridized carbons (Fsp3) is 0.0526. The van der Waals surface area contributed by atoms with Gasteiger partial charge >= 0.3 is 5.63 Å². The van der Waals surface area contributed by atoms with E-state index in [2.05, 4.69) is 15.2 Å². The topological polar surface area (TPSA) is 87.5 Å². The molecule has 2 aromatic carbocycles. The molecule has 0 unspecified atom stereocenters. The molecular weight excluding hydrogens is 386 g/mol. The van der Waals surface area contributed by atoms with E-state index in [9.17, 15) is 9.90 Å². The Morgan fingerprint density at radius 1 is 1.19 bits per heavy atom. The van der Waals surface area contributed by atoms with Crippen molar-refractivity contribution in [3.8, 4) is 5.75 Å². The molecule has 3 aromatic rings. The number of para-hydroxylation sites is 1. The van der Waals surface area contributed by atoms with Crippen LogP contribution in [-0.2, 0) is 0 Å². The Kier molecular flexibility index (Phi) is 4.79. The Labute approximate surface area is 162 Å². The molecule has 1 aliphatic heterocycles. The molecule has 0 atom stereocenters. The van der Waals surface area contributed by atoms with Crippen LogP contribution >= 0.6 is 23.4 Å². The molecule has 0 amide bonds. The van der Waals surface area contributed by atoms with Crippen LogP contribution in [0.3, 0.4) is 0 Å². The molecule has 1 N–H and O–H groups in total. The fourth-order valence-corrected chi connectivity index (χ4v) is 3.45. The second kappa shape index (κ2) is 7.38. The van der Waals surface area contributed by atoms with Crippen LogP contribution in [-0.4, -0.2) is 28.0 Å². The number of fused-ring (bicyclic) bond motifs is 1. The molecule has 0 spiro atoms. The van der Waals surface area contributed by atoms with E-state index >= 15 is 0 Å². The van der Waals surface area contributed by atoms with Crippen molar-refractivity contribution in [1.29, 1.82) is 0 Å². The minimum atomic E-state index is -0.628. The number of thioether (sulfide) groups is 1. The zero-order valence-electron chi connectivity index (χ0n) is 13.8. The van der Waals surface area contributed by atoms with Gasteiger partial charge in [0.15, 0.2) is 0 Å². The van der Waals surface area contributed by atoms with Gasteiger partial charge in [0.1, 0.15) is 16.9 Å². The van der Waals surface area contributed by atoms with Gasteiger partial charge in [-0.2, -0.15) is 5.10 Å². The number of amidine groups is 1. The third-order valence-corrected chi connectivity index (χ3v) is 4.96. The molecule has 0 saturated heterocycles. The number of hydrogen-bond acceptors (Lipinski definition) is 6. The SMILES string of the molecule is O=c1oc2ccccc2c(O)c1C1=N/C(=N/N=C/c2ccc(Cl)cc2)SC1. The van der Waals surface area contributed by atoms with Crippen LogP contribution in [0.4, 0.5) is 0 Å². The van der Waals surface area contributed by atoms with Crippen LogP contribution in [0, 0.1) is 0 Å². The highest BCUT2D eigenvalue weighted by molar-refractivity contribution is 8.15. The van der Waals surface area contributed by atoms with Gasteiger partial charge in [-0.05, 0) is 29.8 Å². The summed E-state index contributed by atoms with van der Waals surface area (Å²) < 4.78 is 5.28. The lowest BCUT2D eigenvalue weighted by Gasteiger charge is -2.04. The van der Waals surface area contributed by atoms with E-state index in [4.69, 9.17) is 16.0 Å². The number of rotatable bonds is 3. The second-order valence-corrected chi connectivity index (χ2v) is 7.01. The summed E-state index contributed by atoms with van der Waals surface area (Å²) in [5, 5.41) is 20.1. The highest BCUT2D eigenvalue weighted by Crippen LogP contribution is 2.29. The Hall–Kier alpha value is -2.90. The lowest BCUT2D eigenvalue weighted by atomic mass is 10.1. The fourth-order valence-electron chi connectivity index (χ4n) is 2.57. The van der Waals surface area contributed by atoms with Crippen LogP contribution in [0.5, 0.6) is 5.75 Å². The molecule has 0 aliphatic carbocycles. The van der Waals surface area contributed by atoms with Gasteiger partial charge in [-0.3, -0.25) is 0 Å². The average Bonchev–Trinajstić information content (AvgIpc) is 3.12. The van der Waals surface area contributed by atoms with E-state index < -0.39 is 5.63 Å². The largest absolute Gasteiger partial charge is 0.506 e. The summed E-state index contributed by atoms with van der Waals surface area (Å²) in [5.74, 6) is 0.262. The summed E-state index contributed by atoms with van der Waals surface area (Å²) in [6.45, 7) is 0. The number of aromatic hydroxyl groups is 1. The zero-order chi connectivity index (χ0) is 18.8. The molecule has 0 fully saturated rings. The van der Waals surface area contributed by atoms with Crippen molar-refractivity contribution in [2.75, 3.05) is 5.75 Å². The summed E-state index contributed by atoms with van der Waals surface area (Å²) in [5.41, 5.74) is 1.03. The van der Waals surface area contributed by atoms with E-state index in [1.54, 1.807) is 42.6 Å². The molecule has 1 aromatic heterocycles. The monoisotopic (exact) mass is 397 g/mol. The summed E-state index contributed by atoms with van der Waals surface area (Å²) in [7, 11) is 0. The predicted molar refractivity (Wildman–Crippen MR) is 110 cm³/mol. The number of halogens is 1. The smallest absolute Gasteiger partial charge is 0.349 e. The maximum atomic E-state index is 12.3. The van der Waals surface area contributed by atoms with Crippen LogP contribution < -0.4 is 5.63 Å². The molecule has 8 heteroatoms. The Morgan fingerprint density at radius 2 is 1.96 bits per heavy atom. The van der Waals surface area contributed by atoms with E-state index in [0.717, 1.165) is 5.56 Å². The number of nitrogens with zero attached hydrogens (tertiary/aromatic N) is 3. The minimum Gasteiger partial charge on any atom is -0.506 e. The van der Waals surface area contributed by atoms with Crippen molar-refractivity contribution in [1.82, 2.24) is 0 Å². The summed E-state index contributed by atoms with van der Waals surface area (Å²) in [6, 6.07) is 14.0. The highest BCUT2D eigenvalue weighted by atomic mass is 35.5. The van der Waals surface area contributed by atoms with Crippen LogP contribution in [0.1, 0.15) is 11.1 Å². The molecule has 134 valence electrons. The summed E-state index contributed by atoms with van der Waals surface area (Å²) >= 11 is 7.16. The maximum Gasteiger partial charge on any atom is 0.349 e. The first kappa shape index (κ1) is 17.5. The summed E-state index contributed by atoms with van der Waals surface area (Å²) in [6.07, 6.45) is 1.58. The summed E-state index contributed by atoms with van der Waals surface area (Å²) in [4.78, 5) is 16.6. The Balaban J connectivity index is 1.63. The molecule has 0 bridgehead atoms. The van der Waals surface area contributed by atoms with Crippen LogP contribution in [0.15, 0.2) is 72.9 Å². The molecule has 27 heavy (non-hydrogen) atoms. The Bertz CT molecular complexity index is 1170. The van der Waals surface area contributed by atoms with Crippen molar-refractivity contribution in [2.45, 2.75) is 0 Å². The van der Waals surface area contributed by atoms with E-state index in [1.165, 1.54) is 11.8 Å². The van der Waals surface area contributed by atoms with Gasteiger partial charge in [-0.25, -0.2) is 9.79 Å². The maximum absolute atomic E-state index is 12.3. The number of benzene rings is 2. The van der Waals surface area contributed by atoms with Crippen molar-refractivity contribution < 1.29 is 9.52 Å². The zero-order valence-corrected chi connectivity index (χ0v) is 15.4. The van der Waals surface area contributed by atoms with Gasteiger partial charge in [-0.1, -0.05) is 47.6 Å². The van der Waals surface area contributed by atoms with Crippen molar-refractivity contribution in [3.63, 3.8) is 0 Å². The van der Waals surface area contributed by atoms with Gasteiger partial charge in [-0.15, -0.1) is 5.10 Å². The van der Waals surface area contributed by atoms with Gasteiger partial charge in [0, 0.05) is 10.8 Å². The molecule has 0 radical (unpaired) electrons. The molecular formula is C19H12ClN3O3S. The molecule has 4 rings (SSSR count). The minimum absolute atomic E-state index is 0.0630. The normalized spacial score (nSPS) is 15.7.